The third kappa shape index (κ3) is 2.63. The van der Waals surface area contributed by atoms with Gasteiger partial charge < -0.3 is 26.0 Å². The number of aliphatic hydroxyl groups is 1. The second-order valence-electron chi connectivity index (χ2n) is 5.08. The van der Waals surface area contributed by atoms with Crippen molar-refractivity contribution in [3.63, 3.8) is 0 Å². The average Bonchev–Trinajstić information content (AvgIpc) is 2.69. The molecule has 0 aromatic rings. The van der Waals surface area contributed by atoms with Gasteiger partial charge in [0.15, 0.2) is 0 Å². The molecule has 0 bridgehead atoms. The van der Waals surface area contributed by atoms with Crippen LogP contribution < -0.4 is 5.73 Å². The zero-order chi connectivity index (χ0) is 15.9. The molecule has 2 heterocycles. The van der Waals surface area contributed by atoms with E-state index in [9.17, 15) is 24.6 Å². The third-order valence-electron chi connectivity index (χ3n) is 3.64. The molecule has 2 rings (SSSR count). The van der Waals surface area contributed by atoms with Gasteiger partial charge in [0.25, 0.3) is 0 Å². The highest BCUT2D eigenvalue weighted by Gasteiger charge is 2.56. The number of rotatable bonds is 6. The van der Waals surface area contributed by atoms with E-state index in [1.54, 1.807) is 0 Å². The average molecular weight is 316 g/mol. The molecular weight excluding hydrogens is 300 g/mol. The molecule has 0 aromatic heterocycles. The Labute approximate surface area is 124 Å². The number of carbonyl (C=O) groups is 3. The van der Waals surface area contributed by atoms with Gasteiger partial charge in [-0.1, -0.05) is 0 Å². The molecule has 0 aliphatic carbocycles. The van der Waals surface area contributed by atoms with Crippen LogP contribution in [-0.2, 0) is 14.4 Å². The molecule has 0 radical (unpaired) electrons. The topological polar surface area (TPSA) is 141 Å². The summed E-state index contributed by atoms with van der Waals surface area (Å²) in [5.74, 6) is -3.40. The van der Waals surface area contributed by atoms with Crippen molar-refractivity contribution in [1.29, 1.82) is 0 Å². The first-order valence-electron chi connectivity index (χ1n) is 6.34. The first-order chi connectivity index (χ1) is 9.75. The minimum atomic E-state index is -1.23. The van der Waals surface area contributed by atoms with E-state index < -0.39 is 35.9 Å². The molecule has 8 nitrogen and oxygen atoms in total. The maximum Gasteiger partial charge on any atom is 0.353 e. The van der Waals surface area contributed by atoms with Crippen LogP contribution >= 0.6 is 11.8 Å². The van der Waals surface area contributed by atoms with Crippen molar-refractivity contribution in [1.82, 2.24) is 4.90 Å². The zero-order valence-corrected chi connectivity index (χ0v) is 12.0. The maximum absolute atomic E-state index is 11.9. The second-order valence-corrected chi connectivity index (χ2v) is 6.19. The third-order valence-corrected chi connectivity index (χ3v) is 4.88. The molecule has 1 amide bonds. The number of β-lactam (4-membered cyclic amide) rings is 1. The summed E-state index contributed by atoms with van der Waals surface area (Å²) in [5.41, 5.74) is 5.27. The molecule has 4 atom stereocenters. The van der Waals surface area contributed by atoms with Crippen LogP contribution in [0, 0.1) is 5.92 Å². The summed E-state index contributed by atoms with van der Waals surface area (Å²) < 4.78 is 0. The van der Waals surface area contributed by atoms with Crippen molar-refractivity contribution in [2.45, 2.75) is 31.5 Å². The Hall–Kier alpha value is -1.58. The van der Waals surface area contributed by atoms with E-state index in [2.05, 4.69) is 0 Å². The van der Waals surface area contributed by atoms with Crippen LogP contribution in [0.25, 0.3) is 0 Å². The number of carboxylic acids is 2. The minimum Gasteiger partial charge on any atom is -0.480 e. The SMILES string of the molecule is CC(O)[C@H]1C(=O)N2C(C(=O)O)=C(SC[C@@H](N)C(=O)O)C[C@H]12. The molecule has 1 saturated heterocycles. The molecule has 9 heteroatoms. The molecule has 0 saturated carbocycles. The highest BCUT2D eigenvalue weighted by molar-refractivity contribution is 8.03. The normalized spacial score (nSPS) is 27.2. The maximum atomic E-state index is 11.9. The largest absolute Gasteiger partial charge is 0.480 e. The molecular formula is C12H16N2O6S. The summed E-state index contributed by atoms with van der Waals surface area (Å²) in [6, 6.07) is -1.47. The molecule has 2 aliphatic heterocycles. The van der Waals surface area contributed by atoms with Crippen molar-refractivity contribution < 1.29 is 29.7 Å². The fourth-order valence-corrected chi connectivity index (χ4v) is 3.76. The summed E-state index contributed by atoms with van der Waals surface area (Å²) in [7, 11) is 0. The lowest BCUT2D eigenvalue weighted by molar-refractivity contribution is -0.161. The van der Waals surface area contributed by atoms with E-state index in [1.807, 2.05) is 0 Å². The number of aliphatic carboxylic acids is 2. The van der Waals surface area contributed by atoms with Gasteiger partial charge in [0.2, 0.25) is 5.91 Å². The van der Waals surface area contributed by atoms with Gasteiger partial charge in [0.05, 0.1) is 18.1 Å². The lowest BCUT2D eigenvalue weighted by Gasteiger charge is -2.44. The number of hydrogen-bond donors (Lipinski definition) is 4. The van der Waals surface area contributed by atoms with Gasteiger partial charge in [-0.05, 0) is 6.92 Å². The number of hydrogen-bond acceptors (Lipinski definition) is 6. The number of nitrogens with zero attached hydrogens (tertiary/aromatic N) is 1. The van der Waals surface area contributed by atoms with Gasteiger partial charge in [-0.25, -0.2) is 4.79 Å². The molecule has 1 fully saturated rings. The molecule has 0 aromatic carbocycles. The van der Waals surface area contributed by atoms with Gasteiger partial charge in [-0.3, -0.25) is 9.59 Å². The van der Waals surface area contributed by atoms with Crippen LogP contribution in [0.5, 0.6) is 0 Å². The molecule has 2 aliphatic rings. The minimum absolute atomic E-state index is 0.0234. The highest BCUT2D eigenvalue weighted by atomic mass is 32.2. The fraction of sp³-hybridized carbons (Fsp3) is 0.583. The number of nitrogens with two attached hydrogens (primary N) is 1. The van der Waals surface area contributed by atoms with Crippen LogP contribution in [-0.4, -0.2) is 62.0 Å². The predicted octanol–water partition coefficient (Wildman–Crippen LogP) is -0.961. The van der Waals surface area contributed by atoms with Crippen LogP contribution in [0.2, 0.25) is 0 Å². The van der Waals surface area contributed by atoms with E-state index in [0.29, 0.717) is 11.3 Å². The van der Waals surface area contributed by atoms with Crippen LogP contribution in [0.1, 0.15) is 13.3 Å². The molecule has 116 valence electrons. The number of aliphatic hydroxyl groups excluding tert-OH is 1. The number of thioether (sulfide) groups is 1. The Morgan fingerprint density at radius 3 is 2.57 bits per heavy atom. The number of carbonyl (C=O) groups excluding carboxylic acids is 1. The van der Waals surface area contributed by atoms with Crippen molar-refractivity contribution in [2.75, 3.05) is 5.75 Å². The first-order valence-corrected chi connectivity index (χ1v) is 7.33. The lowest BCUT2D eigenvalue weighted by atomic mass is 9.83. The lowest BCUT2D eigenvalue weighted by Crippen LogP contribution is -2.61. The van der Waals surface area contributed by atoms with Gasteiger partial charge in [-0.15, -0.1) is 11.8 Å². The van der Waals surface area contributed by atoms with Gasteiger partial charge in [0, 0.05) is 17.1 Å². The Bertz CT molecular complexity index is 532. The van der Waals surface area contributed by atoms with Crippen LogP contribution in [0.4, 0.5) is 0 Å². The standard InChI is InChI=1S/C12H16N2O6S/c1-4(15)8-6-2-7(21-3-5(13)11(17)18)9(12(19)20)14(6)10(8)16/h4-6,8,15H,2-3,13H2,1H3,(H,17,18)(H,19,20)/t4?,5-,6-,8-/m1/s1. The van der Waals surface area contributed by atoms with E-state index in [4.69, 9.17) is 10.8 Å². The van der Waals surface area contributed by atoms with Crippen molar-refractivity contribution >= 4 is 29.6 Å². The van der Waals surface area contributed by atoms with E-state index >= 15 is 0 Å². The Kier molecular flexibility index (Phi) is 4.26. The molecule has 0 spiro atoms. The Balaban J connectivity index is 2.15. The smallest absolute Gasteiger partial charge is 0.353 e. The summed E-state index contributed by atoms with van der Waals surface area (Å²) in [5, 5.41) is 27.6. The molecule has 1 unspecified atom stereocenters. The van der Waals surface area contributed by atoms with Crippen molar-refractivity contribution in [3.05, 3.63) is 10.6 Å². The van der Waals surface area contributed by atoms with Crippen LogP contribution in [0.3, 0.4) is 0 Å². The van der Waals surface area contributed by atoms with Crippen molar-refractivity contribution in [2.24, 2.45) is 11.7 Å². The Morgan fingerprint density at radius 2 is 2.10 bits per heavy atom. The molecule has 21 heavy (non-hydrogen) atoms. The van der Waals surface area contributed by atoms with Crippen LogP contribution in [0.15, 0.2) is 10.6 Å². The number of carboxylic acid groups (broad SMARTS) is 2. The Morgan fingerprint density at radius 1 is 1.48 bits per heavy atom. The van der Waals surface area contributed by atoms with E-state index in [1.165, 1.54) is 11.8 Å². The van der Waals surface area contributed by atoms with E-state index in [0.717, 1.165) is 11.8 Å². The van der Waals surface area contributed by atoms with Gasteiger partial charge in [0.1, 0.15) is 11.7 Å². The highest BCUT2D eigenvalue weighted by Crippen LogP contribution is 2.46. The zero-order valence-electron chi connectivity index (χ0n) is 11.2. The first kappa shape index (κ1) is 15.8. The van der Waals surface area contributed by atoms with Gasteiger partial charge >= 0.3 is 11.9 Å². The van der Waals surface area contributed by atoms with Crippen molar-refractivity contribution in [3.8, 4) is 0 Å². The monoisotopic (exact) mass is 316 g/mol. The fourth-order valence-electron chi connectivity index (χ4n) is 2.62. The van der Waals surface area contributed by atoms with Gasteiger partial charge in [-0.2, -0.15) is 0 Å². The number of fused-ring (bicyclic) bond motifs is 1. The predicted molar refractivity (Wildman–Crippen MR) is 73.2 cm³/mol. The second kappa shape index (κ2) is 5.66. The number of amides is 1. The quantitative estimate of drug-likeness (QED) is 0.459. The summed E-state index contributed by atoms with van der Waals surface area (Å²) >= 11 is 1.04. The molecule has 5 N–H and O–H groups in total. The summed E-state index contributed by atoms with van der Waals surface area (Å²) in [4.78, 5) is 35.6. The van der Waals surface area contributed by atoms with E-state index in [-0.39, 0.29) is 17.5 Å². The summed E-state index contributed by atoms with van der Waals surface area (Å²) in [6.45, 7) is 1.49. The summed E-state index contributed by atoms with van der Waals surface area (Å²) in [6.07, 6.45) is -0.542.